The largest absolute Gasteiger partial charge is 0.493 e. The smallest absolute Gasteiger partial charge is 0.200 e. The van der Waals surface area contributed by atoms with Gasteiger partial charge in [-0.05, 0) is 47.4 Å². The van der Waals surface area contributed by atoms with Crippen molar-refractivity contribution in [3.05, 3.63) is 42.0 Å². The van der Waals surface area contributed by atoms with Crippen molar-refractivity contribution in [2.24, 2.45) is 5.92 Å². The quantitative estimate of drug-likeness (QED) is 0.676. The number of rotatable bonds is 8. The predicted molar refractivity (Wildman–Crippen MR) is 96.6 cm³/mol. The molecule has 0 bridgehead atoms. The molecule has 2 aromatic heterocycles. The summed E-state index contributed by atoms with van der Waals surface area (Å²) in [5.74, 6) is 2.18. The fourth-order valence-corrected chi connectivity index (χ4v) is 2.75. The number of nitrogens with one attached hydrogen (secondary N) is 1. The Bertz CT molecular complexity index is 816. The Morgan fingerprint density at radius 3 is 2.80 bits per heavy atom. The van der Waals surface area contributed by atoms with Crippen molar-refractivity contribution in [1.82, 2.24) is 25.3 Å². The Kier molecular flexibility index (Phi) is 5.42. The van der Waals surface area contributed by atoms with Gasteiger partial charge in [0.15, 0.2) is 5.65 Å². The Morgan fingerprint density at radius 1 is 1.16 bits per heavy atom. The summed E-state index contributed by atoms with van der Waals surface area (Å²) in [6.07, 6.45) is 1.94. The van der Waals surface area contributed by atoms with E-state index in [0.29, 0.717) is 18.2 Å². The van der Waals surface area contributed by atoms with Crippen LogP contribution >= 0.6 is 0 Å². The van der Waals surface area contributed by atoms with E-state index in [1.165, 1.54) is 4.63 Å². The van der Waals surface area contributed by atoms with Crippen molar-refractivity contribution in [3.63, 3.8) is 0 Å². The third-order valence-corrected chi connectivity index (χ3v) is 3.85. The van der Waals surface area contributed by atoms with Gasteiger partial charge in [-0.25, -0.2) is 0 Å². The molecule has 2 heterocycles. The molecule has 1 N–H and O–H groups in total. The Morgan fingerprint density at radius 2 is 2.00 bits per heavy atom. The van der Waals surface area contributed by atoms with Crippen molar-refractivity contribution < 1.29 is 4.74 Å². The number of anilines is 1. The van der Waals surface area contributed by atoms with Crippen molar-refractivity contribution in [2.75, 3.05) is 11.9 Å². The van der Waals surface area contributed by atoms with Crippen LogP contribution in [-0.2, 0) is 0 Å². The average molecular weight is 340 g/mol. The van der Waals surface area contributed by atoms with Gasteiger partial charge in [0.05, 0.1) is 12.6 Å². The van der Waals surface area contributed by atoms with Gasteiger partial charge < -0.3 is 10.1 Å². The maximum Gasteiger partial charge on any atom is 0.200 e. The highest BCUT2D eigenvalue weighted by molar-refractivity contribution is 5.46. The SMILES string of the molecule is CCCOc1ccccc1[C@H](CC(C)C)Nc1ccc2nnnn2n1. The first kappa shape index (κ1) is 17.1. The Balaban J connectivity index is 1.89. The molecular formula is C18H24N6O. The average Bonchev–Trinajstić information content (AvgIpc) is 3.07. The molecule has 3 rings (SSSR count). The molecule has 0 amide bonds. The summed E-state index contributed by atoms with van der Waals surface area (Å²) in [5, 5.41) is 19.3. The standard InChI is InChI=1S/C18H24N6O/c1-4-11-25-16-8-6-5-7-14(16)15(12-13(2)3)19-17-9-10-18-20-22-23-24(18)21-17/h5-10,13,15H,4,11-12H2,1-3H3,(H,19,21)/t15-/m0/s1. The molecule has 132 valence electrons. The van der Waals surface area contributed by atoms with E-state index in [1.54, 1.807) is 0 Å². The van der Waals surface area contributed by atoms with Gasteiger partial charge in [-0.3, -0.25) is 0 Å². The molecule has 0 fully saturated rings. The van der Waals surface area contributed by atoms with E-state index >= 15 is 0 Å². The van der Waals surface area contributed by atoms with Gasteiger partial charge in [-0.1, -0.05) is 39.0 Å². The van der Waals surface area contributed by atoms with Gasteiger partial charge >= 0.3 is 0 Å². The van der Waals surface area contributed by atoms with E-state index in [1.807, 2.05) is 30.3 Å². The van der Waals surface area contributed by atoms with E-state index < -0.39 is 0 Å². The summed E-state index contributed by atoms with van der Waals surface area (Å²) in [7, 11) is 0. The predicted octanol–water partition coefficient (Wildman–Crippen LogP) is 3.51. The van der Waals surface area contributed by atoms with E-state index in [4.69, 9.17) is 4.74 Å². The Labute approximate surface area is 147 Å². The van der Waals surface area contributed by atoms with Crippen LogP contribution < -0.4 is 10.1 Å². The van der Waals surface area contributed by atoms with Crippen molar-refractivity contribution in [1.29, 1.82) is 0 Å². The number of tetrazole rings is 1. The first-order chi connectivity index (χ1) is 12.2. The lowest BCUT2D eigenvalue weighted by atomic mass is 9.96. The molecule has 1 aromatic carbocycles. The highest BCUT2D eigenvalue weighted by Crippen LogP contribution is 2.32. The van der Waals surface area contributed by atoms with Crippen LogP contribution in [0.15, 0.2) is 36.4 Å². The summed E-state index contributed by atoms with van der Waals surface area (Å²) in [6, 6.07) is 12.0. The summed E-state index contributed by atoms with van der Waals surface area (Å²) >= 11 is 0. The molecule has 0 aliphatic carbocycles. The number of hydrogen-bond acceptors (Lipinski definition) is 6. The molecule has 0 aliphatic rings. The fraction of sp³-hybridized carbons (Fsp3) is 0.444. The van der Waals surface area contributed by atoms with E-state index in [2.05, 4.69) is 52.8 Å². The minimum Gasteiger partial charge on any atom is -0.493 e. The zero-order valence-corrected chi connectivity index (χ0v) is 14.9. The fourth-order valence-electron chi connectivity index (χ4n) is 2.75. The lowest BCUT2D eigenvalue weighted by Crippen LogP contribution is -2.16. The van der Waals surface area contributed by atoms with Crippen LogP contribution in [0.25, 0.3) is 5.65 Å². The summed E-state index contributed by atoms with van der Waals surface area (Å²) in [6.45, 7) is 7.24. The lowest BCUT2D eigenvalue weighted by Gasteiger charge is -2.24. The van der Waals surface area contributed by atoms with Gasteiger partial charge in [0, 0.05) is 5.56 Å². The molecule has 0 saturated heterocycles. The highest BCUT2D eigenvalue weighted by Gasteiger charge is 2.18. The molecular weight excluding hydrogens is 316 g/mol. The molecule has 0 aliphatic heterocycles. The third-order valence-electron chi connectivity index (χ3n) is 3.85. The molecule has 0 saturated carbocycles. The van der Waals surface area contributed by atoms with Gasteiger partial charge in [-0.2, -0.15) is 0 Å². The minimum absolute atomic E-state index is 0.0921. The number of nitrogens with zero attached hydrogens (tertiary/aromatic N) is 5. The number of ether oxygens (including phenoxy) is 1. The molecule has 25 heavy (non-hydrogen) atoms. The van der Waals surface area contributed by atoms with Gasteiger partial charge in [0.25, 0.3) is 0 Å². The van der Waals surface area contributed by atoms with Crippen molar-refractivity contribution in [3.8, 4) is 5.75 Å². The first-order valence-corrected chi connectivity index (χ1v) is 8.71. The molecule has 7 heteroatoms. The van der Waals surface area contributed by atoms with Crippen LogP contribution in [0.5, 0.6) is 5.75 Å². The summed E-state index contributed by atoms with van der Waals surface area (Å²) in [4.78, 5) is 0. The number of hydrogen-bond donors (Lipinski definition) is 1. The van der Waals surface area contributed by atoms with Crippen LogP contribution in [0, 0.1) is 5.92 Å². The van der Waals surface area contributed by atoms with Gasteiger partial charge in [0.2, 0.25) is 0 Å². The number of aromatic nitrogens is 5. The summed E-state index contributed by atoms with van der Waals surface area (Å²) in [5.41, 5.74) is 1.76. The maximum absolute atomic E-state index is 5.95. The zero-order chi connectivity index (χ0) is 17.6. The van der Waals surface area contributed by atoms with E-state index in [9.17, 15) is 0 Å². The molecule has 7 nitrogen and oxygen atoms in total. The zero-order valence-electron chi connectivity index (χ0n) is 14.9. The van der Waals surface area contributed by atoms with E-state index in [-0.39, 0.29) is 6.04 Å². The minimum atomic E-state index is 0.0921. The lowest BCUT2D eigenvalue weighted by molar-refractivity contribution is 0.311. The monoisotopic (exact) mass is 340 g/mol. The highest BCUT2D eigenvalue weighted by atomic mass is 16.5. The summed E-state index contributed by atoms with van der Waals surface area (Å²) < 4.78 is 7.37. The number of fused-ring (bicyclic) bond motifs is 1. The Hall–Kier alpha value is -2.70. The van der Waals surface area contributed by atoms with Crippen LogP contribution in [0.1, 0.15) is 45.2 Å². The molecule has 0 unspecified atom stereocenters. The van der Waals surface area contributed by atoms with Crippen molar-refractivity contribution >= 4 is 11.5 Å². The second-order valence-electron chi connectivity index (χ2n) is 6.46. The van der Waals surface area contributed by atoms with Crippen LogP contribution in [0.2, 0.25) is 0 Å². The van der Waals surface area contributed by atoms with Gasteiger partial charge in [0.1, 0.15) is 11.6 Å². The van der Waals surface area contributed by atoms with E-state index in [0.717, 1.165) is 30.0 Å². The number of benzene rings is 1. The van der Waals surface area contributed by atoms with Crippen LogP contribution in [-0.4, -0.2) is 31.9 Å². The van der Waals surface area contributed by atoms with Crippen LogP contribution in [0.4, 0.5) is 5.82 Å². The van der Waals surface area contributed by atoms with Crippen LogP contribution in [0.3, 0.4) is 0 Å². The maximum atomic E-state index is 5.95. The topological polar surface area (TPSA) is 77.2 Å². The third kappa shape index (κ3) is 4.23. The number of para-hydroxylation sites is 1. The first-order valence-electron chi connectivity index (χ1n) is 8.71. The second-order valence-corrected chi connectivity index (χ2v) is 6.46. The molecule has 1 atom stereocenters. The second kappa shape index (κ2) is 7.92. The van der Waals surface area contributed by atoms with Crippen molar-refractivity contribution in [2.45, 2.75) is 39.7 Å². The molecule has 3 aromatic rings. The normalized spacial score (nSPS) is 12.5. The van der Waals surface area contributed by atoms with Gasteiger partial charge in [-0.15, -0.1) is 14.8 Å². The molecule has 0 spiro atoms. The molecule has 0 radical (unpaired) electrons.